The Morgan fingerprint density at radius 1 is 1.50 bits per heavy atom. The van der Waals surface area contributed by atoms with Crippen LogP contribution in [0.3, 0.4) is 0 Å². The average Bonchev–Trinajstić information content (AvgIpc) is 2.57. The summed E-state index contributed by atoms with van der Waals surface area (Å²) in [5, 5.41) is 8.29. The SMILES string of the molecule is CN(c1nc2ccc(Cl)cn2n1)C1CNC1. The second-order valence-electron chi connectivity index (χ2n) is 3.98. The molecule has 5 nitrogen and oxygen atoms in total. The van der Waals surface area contributed by atoms with Crippen LogP contribution in [-0.4, -0.2) is 40.8 Å². The lowest BCUT2D eigenvalue weighted by atomic mass is 10.1. The lowest BCUT2D eigenvalue weighted by Crippen LogP contribution is -2.56. The van der Waals surface area contributed by atoms with E-state index in [1.165, 1.54) is 0 Å². The molecule has 84 valence electrons. The van der Waals surface area contributed by atoms with Crippen molar-refractivity contribution >= 4 is 23.2 Å². The highest BCUT2D eigenvalue weighted by molar-refractivity contribution is 6.30. The number of rotatable bonds is 2. The highest BCUT2D eigenvalue weighted by Crippen LogP contribution is 2.15. The summed E-state index contributed by atoms with van der Waals surface area (Å²) < 4.78 is 1.71. The maximum atomic E-state index is 5.90. The summed E-state index contributed by atoms with van der Waals surface area (Å²) in [5.41, 5.74) is 0.818. The summed E-state index contributed by atoms with van der Waals surface area (Å²) in [6.45, 7) is 1.99. The largest absolute Gasteiger partial charge is 0.337 e. The van der Waals surface area contributed by atoms with Crippen molar-refractivity contribution in [1.29, 1.82) is 0 Å². The van der Waals surface area contributed by atoms with Gasteiger partial charge in [0.05, 0.1) is 11.1 Å². The van der Waals surface area contributed by atoms with Gasteiger partial charge in [0.15, 0.2) is 5.65 Å². The second-order valence-corrected chi connectivity index (χ2v) is 4.42. The highest BCUT2D eigenvalue weighted by atomic mass is 35.5. The Labute approximate surface area is 98.0 Å². The van der Waals surface area contributed by atoms with Gasteiger partial charge in [0.25, 0.3) is 0 Å². The minimum Gasteiger partial charge on any atom is -0.337 e. The first kappa shape index (κ1) is 9.86. The van der Waals surface area contributed by atoms with Crippen molar-refractivity contribution in [1.82, 2.24) is 19.9 Å². The first-order valence-electron chi connectivity index (χ1n) is 5.19. The Balaban J connectivity index is 1.97. The number of anilines is 1. The number of halogens is 1. The van der Waals surface area contributed by atoms with E-state index in [9.17, 15) is 0 Å². The Hall–Kier alpha value is -1.33. The van der Waals surface area contributed by atoms with E-state index in [0.717, 1.165) is 24.7 Å². The number of likely N-dealkylation sites (N-methyl/N-ethyl adjacent to an activating group) is 1. The molecule has 3 heterocycles. The molecule has 0 spiro atoms. The van der Waals surface area contributed by atoms with Crippen LogP contribution in [0.2, 0.25) is 5.02 Å². The maximum Gasteiger partial charge on any atom is 0.245 e. The molecule has 1 aliphatic rings. The fraction of sp³-hybridized carbons (Fsp3) is 0.400. The van der Waals surface area contributed by atoms with E-state index in [2.05, 4.69) is 20.3 Å². The predicted octanol–water partition coefficient (Wildman–Crippen LogP) is 0.791. The van der Waals surface area contributed by atoms with Crippen molar-refractivity contribution in [2.45, 2.75) is 6.04 Å². The summed E-state index contributed by atoms with van der Waals surface area (Å²) in [7, 11) is 2.02. The number of hydrogen-bond acceptors (Lipinski definition) is 4. The Morgan fingerprint density at radius 3 is 3.00 bits per heavy atom. The molecule has 6 heteroatoms. The molecule has 1 N–H and O–H groups in total. The van der Waals surface area contributed by atoms with Crippen LogP contribution < -0.4 is 10.2 Å². The first-order valence-corrected chi connectivity index (χ1v) is 5.57. The van der Waals surface area contributed by atoms with Gasteiger partial charge in [0.1, 0.15) is 0 Å². The molecule has 2 aromatic rings. The van der Waals surface area contributed by atoms with Crippen molar-refractivity contribution in [2.24, 2.45) is 0 Å². The Morgan fingerprint density at radius 2 is 2.31 bits per heavy atom. The molecule has 16 heavy (non-hydrogen) atoms. The van der Waals surface area contributed by atoms with Crippen LogP contribution >= 0.6 is 11.6 Å². The van der Waals surface area contributed by atoms with Gasteiger partial charge < -0.3 is 10.2 Å². The van der Waals surface area contributed by atoms with Crippen LogP contribution in [0.15, 0.2) is 18.3 Å². The smallest absolute Gasteiger partial charge is 0.245 e. The van der Waals surface area contributed by atoms with Gasteiger partial charge in [-0.25, -0.2) is 4.52 Å². The van der Waals surface area contributed by atoms with Gasteiger partial charge >= 0.3 is 0 Å². The molecule has 0 saturated carbocycles. The minimum absolute atomic E-state index is 0.493. The third kappa shape index (κ3) is 1.52. The van der Waals surface area contributed by atoms with E-state index < -0.39 is 0 Å². The molecule has 1 aliphatic heterocycles. The van der Waals surface area contributed by atoms with Crippen molar-refractivity contribution in [3.63, 3.8) is 0 Å². The lowest BCUT2D eigenvalue weighted by molar-refractivity contribution is 0.424. The van der Waals surface area contributed by atoms with Gasteiger partial charge in [-0.2, -0.15) is 4.98 Å². The second kappa shape index (κ2) is 3.61. The van der Waals surface area contributed by atoms with Crippen LogP contribution in [0.1, 0.15) is 0 Å². The Kier molecular flexibility index (Phi) is 2.22. The highest BCUT2D eigenvalue weighted by Gasteiger charge is 2.24. The molecule has 2 aromatic heterocycles. The van der Waals surface area contributed by atoms with Crippen LogP contribution in [-0.2, 0) is 0 Å². The summed E-state index contributed by atoms with van der Waals surface area (Å²) in [5.74, 6) is 0.744. The quantitative estimate of drug-likeness (QED) is 0.839. The third-order valence-electron chi connectivity index (χ3n) is 2.91. The zero-order chi connectivity index (χ0) is 11.1. The van der Waals surface area contributed by atoms with Gasteiger partial charge in [-0.3, -0.25) is 0 Å². The van der Waals surface area contributed by atoms with Crippen molar-refractivity contribution in [2.75, 3.05) is 25.0 Å². The first-order chi connectivity index (χ1) is 7.74. The minimum atomic E-state index is 0.493. The van der Waals surface area contributed by atoms with Crippen molar-refractivity contribution in [3.05, 3.63) is 23.4 Å². The third-order valence-corrected chi connectivity index (χ3v) is 3.13. The molecule has 0 atom stereocenters. The summed E-state index contributed by atoms with van der Waals surface area (Å²) in [6.07, 6.45) is 1.76. The van der Waals surface area contributed by atoms with Crippen molar-refractivity contribution in [3.8, 4) is 0 Å². The van der Waals surface area contributed by atoms with E-state index in [1.54, 1.807) is 10.7 Å². The molecule has 1 saturated heterocycles. The number of aromatic nitrogens is 3. The molecule has 0 unspecified atom stereocenters. The zero-order valence-electron chi connectivity index (χ0n) is 8.89. The number of fused-ring (bicyclic) bond motifs is 1. The van der Waals surface area contributed by atoms with Gasteiger partial charge in [-0.15, -0.1) is 5.10 Å². The fourth-order valence-electron chi connectivity index (χ4n) is 1.71. The molecule has 0 aliphatic carbocycles. The van der Waals surface area contributed by atoms with Gasteiger partial charge in [0, 0.05) is 26.3 Å². The maximum absolute atomic E-state index is 5.90. The Bertz CT molecular complexity index is 519. The zero-order valence-corrected chi connectivity index (χ0v) is 9.65. The van der Waals surface area contributed by atoms with Gasteiger partial charge in [-0.05, 0) is 12.1 Å². The molecule has 1 fully saturated rings. The van der Waals surface area contributed by atoms with Crippen LogP contribution in [0.25, 0.3) is 5.65 Å². The summed E-state index contributed by atoms with van der Waals surface area (Å²) >= 11 is 5.90. The normalized spacial score (nSPS) is 16.4. The van der Waals surface area contributed by atoms with E-state index in [1.807, 2.05) is 19.2 Å². The molecule has 0 radical (unpaired) electrons. The number of nitrogens with one attached hydrogen (secondary N) is 1. The predicted molar refractivity (Wildman–Crippen MR) is 63.1 cm³/mol. The van der Waals surface area contributed by atoms with Crippen molar-refractivity contribution < 1.29 is 0 Å². The summed E-state index contributed by atoms with van der Waals surface area (Å²) in [6, 6.07) is 4.18. The summed E-state index contributed by atoms with van der Waals surface area (Å²) in [4.78, 5) is 6.54. The van der Waals surface area contributed by atoms with Crippen LogP contribution in [0, 0.1) is 0 Å². The number of nitrogens with zero attached hydrogens (tertiary/aromatic N) is 4. The molecular formula is C10H12ClN5. The monoisotopic (exact) mass is 237 g/mol. The molecule has 0 aromatic carbocycles. The van der Waals surface area contributed by atoms with E-state index >= 15 is 0 Å². The van der Waals surface area contributed by atoms with E-state index in [0.29, 0.717) is 11.1 Å². The van der Waals surface area contributed by atoms with Crippen LogP contribution in [0.4, 0.5) is 5.95 Å². The average molecular weight is 238 g/mol. The molecule has 0 amide bonds. The number of pyridine rings is 1. The lowest BCUT2D eigenvalue weighted by Gasteiger charge is -2.34. The van der Waals surface area contributed by atoms with Gasteiger partial charge in [-0.1, -0.05) is 11.6 Å². The standard InChI is InChI=1S/C10H12ClN5/c1-15(8-4-12-5-8)10-13-9-3-2-7(11)6-16(9)14-10/h2-3,6,8,12H,4-5H2,1H3. The van der Waals surface area contributed by atoms with Gasteiger partial charge in [0.2, 0.25) is 5.95 Å². The molecular weight excluding hydrogens is 226 g/mol. The number of hydrogen-bond donors (Lipinski definition) is 1. The molecule has 0 bridgehead atoms. The fourth-order valence-corrected chi connectivity index (χ4v) is 1.86. The topological polar surface area (TPSA) is 45.5 Å². The van der Waals surface area contributed by atoms with E-state index in [-0.39, 0.29) is 0 Å². The van der Waals surface area contributed by atoms with E-state index in [4.69, 9.17) is 11.6 Å². The molecule has 3 rings (SSSR count). The van der Waals surface area contributed by atoms with Crippen LogP contribution in [0.5, 0.6) is 0 Å².